The van der Waals surface area contributed by atoms with Gasteiger partial charge in [0.25, 0.3) is 0 Å². The van der Waals surface area contributed by atoms with Crippen LogP contribution in [-0.2, 0) is 22.7 Å². The normalized spacial score (nSPS) is 22.5. The lowest BCUT2D eigenvalue weighted by atomic mass is 9.90. The lowest BCUT2D eigenvalue weighted by Crippen LogP contribution is -2.59. The first kappa shape index (κ1) is 29.9. The highest BCUT2D eigenvalue weighted by Crippen LogP contribution is 2.64. The second kappa shape index (κ2) is 10.8. The van der Waals surface area contributed by atoms with Crippen molar-refractivity contribution >= 4 is 50.2 Å². The molecular weight excluding hydrogens is 632 g/mol. The molecule has 0 unspecified atom stereocenters. The number of halogens is 1. The van der Waals surface area contributed by atoms with Gasteiger partial charge in [-0.25, -0.2) is 19.9 Å². The monoisotopic (exact) mass is 662 g/mol. The molecule has 1 aliphatic carbocycles. The smallest absolute Gasteiger partial charge is 0.248 e. The number of carbonyl (C=O) groups excluding carboxylic acids is 3. The first-order valence-corrected chi connectivity index (χ1v) is 14.9. The second-order valence-corrected chi connectivity index (χ2v) is 12.6. The third-order valence-electron chi connectivity index (χ3n) is 8.68. The predicted octanol–water partition coefficient (Wildman–Crippen LogP) is 3.09. The molecule has 13 nitrogen and oxygen atoms in total. The number of anilines is 1. The Morgan fingerprint density at radius 2 is 1.89 bits per heavy atom. The molecule has 3 atom stereocenters. The summed E-state index contributed by atoms with van der Waals surface area (Å²) < 4.78 is 1.86. The number of amides is 2. The number of hydrogen-bond donors (Lipinski definition) is 3. The average Bonchev–Trinajstić information content (AvgIpc) is 3.38. The highest BCUT2D eigenvalue weighted by atomic mass is 79.9. The van der Waals surface area contributed by atoms with Crippen LogP contribution in [0.3, 0.4) is 0 Å². The van der Waals surface area contributed by atoms with Crippen molar-refractivity contribution in [3.8, 4) is 11.3 Å². The molecule has 6 rings (SSSR count). The van der Waals surface area contributed by atoms with Crippen LogP contribution < -0.4 is 5.32 Å². The van der Waals surface area contributed by atoms with Crippen LogP contribution in [0.15, 0.2) is 35.2 Å². The van der Waals surface area contributed by atoms with Crippen molar-refractivity contribution in [2.75, 3.05) is 5.32 Å². The van der Waals surface area contributed by atoms with Crippen molar-refractivity contribution in [1.29, 1.82) is 0 Å². The molecule has 0 aromatic carbocycles. The highest BCUT2D eigenvalue weighted by Gasteiger charge is 2.72. The number of carbonyl (C=O) groups is 3. The fourth-order valence-corrected chi connectivity index (χ4v) is 6.42. The fourth-order valence-electron chi connectivity index (χ4n) is 6.11. The van der Waals surface area contributed by atoms with E-state index in [0.29, 0.717) is 57.7 Å². The van der Waals surface area contributed by atoms with Gasteiger partial charge in [-0.05, 0) is 60.3 Å². The Balaban J connectivity index is 1.38. The standard InChI is InChI=1S/C30H31BrN8O5/c1-15-5-6-23(31)35-27(15)36-28(43)22-7-8-29(4)14-30(29,44)39(22)24(42)12-38-26-19(25(37-38)16(2)41)9-20(34-21(26)13-40)18-10-32-17(3)33-11-18/h5-6,9-11,22,40,44H,7-8,12-14H2,1-4H3,(H,35,36,43)/t22-,29-,30-/m0/s1. The molecule has 1 saturated heterocycles. The van der Waals surface area contributed by atoms with E-state index in [9.17, 15) is 24.6 Å². The number of aryl methyl sites for hydroxylation is 2. The number of rotatable bonds is 7. The number of aliphatic hydroxyl groups excluding tert-OH is 1. The van der Waals surface area contributed by atoms with Crippen LogP contribution in [0.5, 0.6) is 0 Å². The van der Waals surface area contributed by atoms with E-state index in [2.05, 4.69) is 46.3 Å². The van der Waals surface area contributed by atoms with Crippen LogP contribution in [-0.4, -0.2) is 74.2 Å². The minimum atomic E-state index is -1.52. The summed E-state index contributed by atoms with van der Waals surface area (Å²) in [5, 5.41) is 29.6. The third-order valence-corrected chi connectivity index (χ3v) is 9.12. The zero-order chi connectivity index (χ0) is 31.6. The number of fused-ring (bicyclic) bond motifs is 2. The Labute approximate surface area is 260 Å². The van der Waals surface area contributed by atoms with E-state index in [4.69, 9.17) is 0 Å². The van der Waals surface area contributed by atoms with Gasteiger partial charge in [0.05, 0.1) is 23.5 Å². The Hall–Kier alpha value is -4.14. The van der Waals surface area contributed by atoms with Crippen molar-refractivity contribution < 1.29 is 24.6 Å². The third kappa shape index (κ3) is 4.96. The van der Waals surface area contributed by atoms with Crippen LogP contribution in [0, 0.1) is 19.3 Å². The molecule has 14 heteroatoms. The summed E-state index contributed by atoms with van der Waals surface area (Å²) in [6.45, 7) is 5.92. The van der Waals surface area contributed by atoms with Gasteiger partial charge in [-0.3, -0.25) is 19.1 Å². The van der Waals surface area contributed by atoms with E-state index >= 15 is 0 Å². The number of nitrogens with zero attached hydrogens (tertiary/aromatic N) is 7. The molecule has 0 bridgehead atoms. The lowest BCUT2D eigenvalue weighted by molar-refractivity contribution is -0.165. The number of Topliss-reactive ketones (excluding diaryl/α,β-unsaturated/α-hetero) is 1. The van der Waals surface area contributed by atoms with Crippen molar-refractivity contribution in [3.05, 3.63) is 58.0 Å². The van der Waals surface area contributed by atoms with Crippen LogP contribution >= 0.6 is 15.9 Å². The van der Waals surface area contributed by atoms with E-state index in [-0.39, 0.29) is 17.2 Å². The minimum absolute atomic E-state index is 0.0956. The lowest BCUT2D eigenvalue weighted by Gasteiger charge is -2.41. The minimum Gasteiger partial charge on any atom is -0.390 e. The van der Waals surface area contributed by atoms with Crippen LogP contribution in [0.2, 0.25) is 0 Å². The number of likely N-dealkylation sites (tertiary alicyclic amines) is 1. The molecule has 4 aromatic heterocycles. The molecule has 1 aliphatic heterocycles. The van der Waals surface area contributed by atoms with E-state index < -0.39 is 42.1 Å². The average molecular weight is 664 g/mol. The molecule has 3 N–H and O–H groups in total. The number of nitrogens with one attached hydrogen (secondary N) is 1. The van der Waals surface area contributed by atoms with Crippen LogP contribution in [0.25, 0.3) is 22.2 Å². The number of hydrogen-bond acceptors (Lipinski definition) is 10. The number of aromatic nitrogens is 6. The molecular formula is C30H31BrN8O5. The van der Waals surface area contributed by atoms with Gasteiger partial charge in [-0.1, -0.05) is 13.0 Å². The molecule has 0 spiro atoms. The summed E-state index contributed by atoms with van der Waals surface area (Å²) in [4.78, 5) is 59.0. The maximum atomic E-state index is 14.1. The van der Waals surface area contributed by atoms with Crippen LogP contribution in [0.1, 0.15) is 60.7 Å². The Bertz CT molecular complexity index is 1840. The summed E-state index contributed by atoms with van der Waals surface area (Å²) in [5.41, 5.74) is 0.283. The van der Waals surface area contributed by atoms with E-state index in [0.717, 1.165) is 5.56 Å². The molecule has 2 amide bonds. The summed E-state index contributed by atoms with van der Waals surface area (Å²) in [5.74, 6) is -0.441. The summed E-state index contributed by atoms with van der Waals surface area (Å²) in [6.07, 6.45) is 4.42. The number of ketones is 1. The first-order valence-electron chi connectivity index (χ1n) is 14.1. The van der Waals surface area contributed by atoms with E-state index in [1.54, 1.807) is 31.5 Å². The van der Waals surface area contributed by atoms with Gasteiger partial charge in [0.15, 0.2) is 5.78 Å². The van der Waals surface area contributed by atoms with E-state index in [1.165, 1.54) is 16.5 Å². The van der Waals surface area contributed by atoms with Crippen molar-refractivity contribution in [3.63, 3.8) is 0 Å². The predicted molar refractivity (Wildman–Crippen MR) is 162 cm³/mol. The Morgan fingerprint density at radius 3 is 2.57 bits per heavy atom. The van der Waals surface area contributed by atoms with Gasteiger partial charge in [-0.2, -0.15) is 5.10 Å². The quantitative estimate of drug-likeness (QED) is 0.197. The molecule has 0 radical (unpaired) electrons. The maximum absolute atomic E-state index is 14.1. The van der Waals surface area contributed by atoms with Gasteiger partial charge in [0, 0.05) is 42.1 Å². The summed E-state index contributed by atoms with van der Waals surface area (Å²) in [7, 11) is 0. The van der Waals surface area contributed by atoms with Gasteiger partial charge >= 0.3 is 0 Å². The zero-order valence-electron chi connectivity index (χ0n) is 24.6. The SMILES string of the molecule is CC(=O)c1nn(CC(=O)N2[C@H](C(=O)Nc3nc(Br)ccc3C)CC[C@@]3(C)C[C@@]23O)c2c(CO)nc(-c3cnc(C)nc3)cc12. The van der Waals surface area contributed by atoms with Gasteiger partial charge in [0.2, 0.25) is 11.8 Å². The van der Waals surface area contributed by atoms with Gasteiger partial charge < -0.3 is 20.4 Å². The maximum Gasteiger partial charge on any atom is 0.248 e. The number of pyridine rings is 2. The first-order chi connectivity index (χ1) is 20.8. The van der Waals surface area contributed by atoms with E-state index in [1.807, 2.05) is 19.9 Å². The summed E-state index contributed by atoms with van der Waals surface area (Å²) >= 11 is 3.32. The van der Waals surface area contributed by atoms with Crippen molar-refractivity contribution in [1.82, 2.24) is 34.6 Å². The van der Waals surface area contributed by atoms with Gasteiger partial charge in [-0.15, -0.1) is 0 Å². The van der Waals surface area contributed by atoms with Crippen molar-refractivity contribution in [2.45, 2.75) is 71.9 Å². The Kier molecular flexibility index (Phi) is 7.33. The summed E-state index contributed by atoms with van der Waals surface area (Å²) in [6, 6.07) is 4.25. The molecule has 228 valence electrons. The largest absolute Gasteiger partial charge is 0.390 e. The molecule has 2 fully saturated rings. The molecule has 44 heavy (non-hydrogen) atoms. The van der Waals surface area contributed by atoms with Crippen molar-refractivity contribution in [2.24, 2.45) is 5.41 Å². The van der Waals surface area contributed by atoms with Crippen LogP contribution in [0.4, 0.5) is 5.82 Å². The number of aliphatic hydroxyl groups is 2. The van der Waals surface area contributed by atoms with Gasteiger partial charge in [0.1, 0.15) is 40.3 Å². The molecule has 1 saturated carbocycles. The fraction of sp³-hybridized carbons (Fsp3) is 0.400. The topological polar surface area (TPSA) is 176 Å². The zero-order valence-corrected chi connectivity index (χ0v) is 26.2. The number of piperidine rings is 1. The molecule has 4 aromatic rings. The Morgan fingerprint density at radius 1 is 1.16 bits per heavy atom. The molecule has 5 heterocycles. The highest BCUT2D eigenvalue weighted by molar-refractivity contribution is 9.10. The second-order valence-electron chi connectivity index (χ2n) is 11.8. The molecule has 2 aliphatic rings.